The van der Waals surface area contributed by atoms with Crippen molar-refractivity contribution in [2.45, 2.75) is 57.9 Å². The highest BCUT2D eigenvalue weighted by Gasteiger charge is 2.29. The van der Waals surface area contributed by atoms with Gasteiger partial charge in [-0.15, -0.1) is 22.7 Å². The van der Waals surface area contributed by atoms with Gasteiger partial charge >= 0.3 is 0 Å². The van der Waals surface area contributed by atoms with Crippen molar-refractivity contribution in [3.05, 3.63) is 38.0 Å². The number of fused-ring (bicyclic) bond motifs is 1. The molecule has 0 amide bonds. The van der Waals surface area contributed by atoms with Crippen LogP contribution in [-0.2, 0) is 12.8 Å². The average molecular weight is 321 g/mol. The minimum Gasteiger partial charge on any atom is -0.313 e. The molecule has 1 aliphatic rings. The Morgan fingerprint density at radius 1 is 1.43 bits per heavy atom. The average Bonchev–Trinajstić information content (AvgIpc) is 3.11. The molecule has 1 N–H and O–H groups in total. The van der Waals surface area contributed by atoms with E-state index in [-0.39, 0.29) is 0 Å². The summed E-state index contributed by atoms with van der Waals surface area (Å²) in [6.07, 6.45) is 6.18. The van der Waals surface area contributed by atoms with Gasteiger partial charge < -0.3 is 5.32 Å². The maximum atomic E-state index is 4.68. The first-order valence-electron chi connectivity index (χ1n) is 7.98. The number of thiophene rings is 1. The normalized spacial score (nSPS) is 19.4. The number of hydrogen-bond donors (Lipinski definition) is 1. The van der Waals surface area contributed by atoms with Crippen molar-refractivity contribution < 1.29 is 0 Å². The molecular weight excluding hydrogens is 296 g/mol. The van der Waals surface area contributed by atoms with Gasteiger partial charge in [-0.1, -0.05) is 6.92 Å². The number of aryl methyl sites for hydroxylation is 2. The second-order valence-electron chi connectivity index (χ2n) is 5.95. The van der Waals surface area contributed by atoms with Gasteiger partial charge in [0.2, 0.25) is 0 Å². The van der Waals surface area contributed by atoms with Gasteiger partial charge in [-0.25, -0.2) is 4.98 Å². The molecule has 2 atom stereocenters. The number of hydrogen-bond acceptors (Lipinski definition) is 4. The van der Waals surface area contributed by atoms with Crippen LogP contribution in [0.3, 0.4) is 0 Å². The zero-order chi connectivity index (χ0) is 14.7. The fourth-order valence-electron chi connectivity index (χ4n) is 3.31. The number of aromatic nitrogens is 1. The SMILES string of the molecule is CCCNC(Cc1nc(C)cs1)C1CCCc2sccc21. The van der Waals surface area contributed by atoms with Crippen LogP contribution in [0.4, 0.5) is 0 Å². The van der Waals surface area contributed by atoms with Crippen LogP contribution in [-0.4, -0.2) is 17.6 Å². The van der Waals surface area contributed by atoms with E-state index in [4.69, 9.17) is 0 Å². The van der Waals surface area contributed by atoms with Gasteiger partial charge in [-0.2, -0.15) is 0 Å². The molecule has 1 aliphatic carbocycles. The van der Waals surface area contributed by atoms with Crippen LogP contribution in [0, 0.1) is 6.92 Å². The third-order valence-electron chi connectivity index (χ3n) is 4.30. The molecule has 0 radical (unpaired) electrons. The first-order valence-corrected chi connectivity index (χ1v) is 9.74. The molecule has 2 heterocycles. The molecule has 2 aromatic rings. The van der Waals surface area contributed by atoms with Crippen molar-refractivity contribution in [2.75, 3.05) is 6.54 Å². The Labute approximate surface area is 135 Å². The molecule has 114 valence electrons. The Bertz CT molecular complexity index is 573. The molecule has 0 aromatic carbocycles. The quantitative estimate of drug-likeness (QED) is 0.845. The molecule has 4 heteroatoms. The predicted octanol–water partition coefficient (Wildman–Crippen LogP) is 4.54. The Morgan fingerprint density at radius 3 is 3.10 bits per heavy atom. The van der Waals surface area contributed by atoms with Crippen LogP contribution in [0.1, 0.15) is 53.2 Å². The van der Waals surface area contributed by atoms with Crippen molar-refractivity contribution >= 4 is 22.7 Å². The molecular formula is C17H24N2S2. The Kier molecular flexibility index (Phi) is 5.09. The molecule has 0 fully saturated rings. The topological polar surface area (TPSA) is 24.9 Å². The third kappa shape index (κ3) is 3.55. The van der Waals surface area contributed by atoms with Crippen LogP contribution in [0.5, 0.6) is 0 Å². The summed E-state index contributed by atoms with van der Waals surface area (Å²) in [6.45, 7) is 5.44. The molecule has 3 rings (SSSR count). The molecule has 0 saturated heterocycles. The summed E-state index contributed by atoms with van der Waals surface area (Å²) in [5.41, 5.74) is 2.76. The highest BCUT2D eigenvalue weighted by Crippen LogP contribution is 2.38. The van der Waals surface area contributed by atoms with Crippen LogP contribution in [0.25, 0.3) is 0 Å². The first-order chi connectivity index (χ1) is 10.3. The Hall–Kier alpha value is -0.710. The van der Waals surface area contributed by atoms with E-state index in [1.165, 1.54) is 30.7 Å². The zero-order valence-corrected chi connectivity index (χ0v) is 14.5. The van der Waals surface area contributed by atoms with Gasteiger partial charge in [-0.05, 0) is 56.2 Å². The Balaban J connectivity index is 1.79. The zero-order valence-electron chi connectivity index (χ0n) is 12.9. The number of rotatable bonds is 6. The molecule has 0 bridgehead atoms. The number of nitrogens with one attached hydrogen (secondary N) is 1. The van der Waals surface area contributed by atoms with Crippen molar-refractivity contribution in [3.8, 4) is 0 Å². The minimum atomic E-state index is 0.532. The van der Waals surface area contributed by atoms with Gasteiger partial charge in [0.25, 0.3) is 0 Å². The highest BCUT2D eigenvalue weighted by molar-refractivity contribution is 7.10. The van der Waals surface area contributed by atoms with E-state index in [1.807, 2.05) is 22.7 Å². The summed E-state index contributed by atoms with van der Waals surface area (Å²) in [4.78, 5) is 6.29. The van der Waals surface area contributed by atoms with E-state index in [0.717, 1.165) is 18.7 Å². The number of thiazole rings is 1. The van der Waals surface area contributed by atoms with Crippen molar-refractivity contribution in [2.24, 2.45) is 0 Å². The molecule has 0 spiro atoms. The molecule has 2 nitrogen and oxygen atoms in total. The fraction of sp³-hybridized carbons (Fsp3) is 0.588. The molecule has 2 unspecified atom stereocenters. The summed E-state index contributed by atoms with van der Waals surface area (Å²) < 4.78 is 0. The maximum absolute atomic E-state index is 4.68. The van der Waals surface area contributed by atoms with E-state index in [1.54, 1.807) is 10.4 Å². The highest BCUT2D eigenvalue weighted by atomic mass is 32.1. The second kappa shape index (κ2) is 7.03. The molecule has 21 heavy (non-hydrogen) atoms. The van der Waals surface area contributed by atoms with Crippen LogP contribution in [0.2, 0.25) is 0 Å². The van der Waals surface area contributed by atoms with E-state index >= 15 is 0 Å². The fourth-order valence-corrected chi connectivity index (χ4v) is 5.14. The molecule has 2 aromatic heterocycles. The van der Waals surface area contributed by atoms with Gasteiger partial charge in [0.15, 0.2) is 0 Å². The minimum absolute atomic E-state index is 0.532. The molecule has 0 saturated carbocycles. The standard InChI is InChI=1S/C17H24N2S2/c1-3-8-18-15(10-17-19-12(2)11-21-17)13-5-4-6-16-14(13)7-9-20-16/h7,9,11,13,15,18H,3-6,8,10H2,1-2H3. The molecule has 0 aliphatic heterocycles. The van der Waals surface area contributed by atoms with Gasteiger partial charge in [0.1, 0.15) is 0 Å². The van der Waals surface area contributed by atoms with E-state index < -0.39 is 0 Å². The van der Waals surface area contributed by atoms with Crippen molar-refractivity contribution in [1.82, 2.24) is 10.3 Å². The summed E-state index contributed by atoms with van der Waals surface area (Å²) in [5, 5.41) is 9.52. The van der Waals surface area contributed by atoms with Crippen LogP contribution >= 0.6 is 22.7 Å². The lowest BCUT2D eigenvalue weighted by Gasteiger charge is -2.31. The maximum Gasteiger partial charge on any atom is 0.0943 e. The summed E-state index contributed by atoms with van der Waals surface area (Å²) in [7, 11) is 0. The summed E-state index contributed by atoms with van der Waals surface area (Å²) >= 11 is 3.75. The second-order valence-corrected chi connectivity index (χ2v) is 7.89. The van der Waals surface area contributed by atoms with Gasteiger partial charge in [-0.3, -0.25) is 0 Å². The van der Waals surface area contributed by atoms with E-state index in [0.29, 0.717) is 12.0 Å². The largest absolute Gasteiger partial charge is 0.313 e. The lowest BCUT2D eigenvalue weighted by molar-refractivity contribution is 0.391. The lowest BCUT2D eigenvalue weighted by atomic mass is 9.81. The lowest BCUT2D eigenvalue weighted by Crippen LogP contribution is -2.38. The van der Waals surface area contributed by atoms with Gasteiger partial charge in [0.05, 0.1) is 5.01 Å². The van der Waals surface area contributed by atoms with Gasteiger partial charge in [0, 0.05) is 34.3 Å². The summed E-state index contributed by atoms with van der Waals surface area (Å²) in [5.74, 6) is 0.663. The smallest absolute Gasteiger partial charge is 0.0943 e. The Morgan fingerprint density at radius 2 is 2.33 bits per heavy atom. The van der Waals surface area contributed by atoms with E-state index in [9.17, 15) is 0 Å². The van der Waals surface area contributed by atoms with Crippen molar-refractivity contribution in [1.29, 1.82) is 0 Å². The first kappa shape index (κ1) is 15.2. The van der Waals surface area contributed by atoms with E-state index in [2.05, 4.69) is 41.0 Å². The van der Waals surface area contributed by atoms with Crippen LogP contribution in [0.15, 0.2) is 16.8 Å². The number of nitrogens with zero attached hydrogens (tertiary/aromatic N) is 1. The summed E-state index contributed by atoms with van der Waals surface area (Å²) in [6, 6.07) is 2.89. The monoisotopic (exact) mass is 320 g/mol. The predicted molar refractivity (Wildman–Crippen MR) is 92.6 cm³/mol. The van der Waals surface area contributed by atoms with Crippen LogP contribution < -0.4 is 5.32 Å². The third-order valence-corrected chi connectivity index (χ3v) is 6.29. The van der Waals surface area contributed by atoms with Crippen molar-refractivity contribution in [3.63, 3.8) is 0 Å².